The fourth-order valence-corrected chi connectivity index (χ4v) is 6.88. The van der Waals surface area contributed by atoms with Gasteiger partial charge in [-0.2, -0.15) is 9.97 Å². The lowest BCUT2D eigenvalue weighted by molar-refractivity contribution is -0.142. The molecule has 2 aromatic carbocycles. The minimum absolute atomic E-state index is 0.000179. The number of anilines is 3. The SMILES string of the molecule is CNC(C)C(=O)NC(Cc1ccccc1)C(=O)NC(CCCCN)C(=O)NC(CCCCNC(=O)CC[C@H](NC(=O)c1ccc(N(C)Cc2cnc3nc(N)nc(N)c3n2)cc1)C(=O)O)C(=O)O. The summed E-state index contributed by atoms with van der Waals surface area (Å²) in [6.45, 7) is 2.43. The van der Waals surface area contributed by atoms with Crippen molar-refractivity contribution in [2.24, 2.45) is 5.73 Å². The molecule has 4 unspecified atom stereocenters. The minimum atomic E-state index is -1.37. The van der Waals surface area contributed by atoms with Gasteiger partial charge in [-0.15, -0.1) is 0 Å². The van der Waals surface area contributed by atoms with Crippen molar-refractivity contribution in [3.05, 3.63) is 77.6 Å². The van der Waals surface area contributed by atoms with Gasteiger partial charge >= 0.3 is 11.9 Å². The number of rotatable bonds is 28. The van der Waals surface area contributed by atoms with Crippen molar-refractivity contribution in [3.8, 4) is 0 Å². The Bertz CT molecular complexity index is 2360. The lowest BCUT2D eigenvalue weighted by Gasteiger charge is -2.25. The van der Waals surface area contributed by atoms with Gasteiger partial charge in [0.25, 0.3) is 5.91 Å². The Morgan fingerprint density at radius 2 is 1.34 bits per heavy atom. The molecule has 0 aliphatic rings. The second-order valence-electron chi connectivity index (χ2n) is 16.2. The van der Waals surface area contributed by atoms with Crippen molar-refractivity contribution < 1.29 is 43.8 Å². The van der Waals surface area contributed by atoms with Crippen LogP contribution in [0.3, 0.4) is 0 Å². The predicted molar refractivity (Wildman–Crippen MR) is 252 cm³/mol. The number of nitrogens with zero attached hydrogens (tertiary/aromatic N) is 5. The van der Waals surface area contributed by atoms with Gasteiger partial charge in [0.2, 0.25) is 29.6 Å². The number of nitrogen functional groups attached to an aromatic ring is 2. The van der Waals surface area contributed by atoms with E-state index in [4.69, 9.17) is 17.2 Å². The second-order valence-corrected chi connectivity index (χ2v) is 16.2. The molecule has 68 heavy (non-hydrogen) atoms. The molecule has 0 aliphatic carbocycles. The van der Waals surface area contributed by atoms with E-state index in [9.17, 15) is 43.8 Å². The number of unbranched alkanes of at least 4 members (excludes halogenated alkanes) is 2. The van der Waals surface area contributed by atoms with Gasteiger partial charge in [0.1, 0.15) is 24.2 Å². The molecule has 0 aliphatic heterocycles. The summed E-state index contributed by atoms with van der Waals surface area (Å²) in [5.74, 6) is -5.41. The summed E-state index contributed by atoms with van der Waals surface area (Å²) in [4.78, 5) is 108. The molecule has 0 saturated heterocycles. The molecule has 5 amide bonds. The zero-order chi connectivity index (χ0) is 49.8. The van der Waals surface area contributed by atoms with Crippen LogP contribution in [0.15, 0.2) is 60.8 Å². The topological polar surface area (TPSA) is 365 Å². The van der Waals surface area contributed by atoms with Crippen LogP contribution in [0.25, 0.3) is 11.2 Å². The van der Waals surface area contributed by atoms with Crippen molar-refractivity contribution in [2.75, 3.05) is 43.6 Å². The number of fused-ring (bicyclic) bond motifs is 1. The number of carbonyl (C=O) groups excluding carboxylic acids is 5. The van der Waals surface area contributed by atoms with Gasteiger partial charge in [-0.1, -0.05) is 30.3 Å². The van der Waals surface area contributed by atoms with Gasteiger partial charge in [-0.05, 0) is 95.3 Å². The maximum absolute atomic E-state index is 13.6. The van der Waals surface area contributed by atoms with Crippen LogP contribution < -0.4 is 54.0 Å². The third-order valence-corrected chi connectivity index (χ3v) is 10.9. The first-order valence-corrected chi connectivity index (χ1v) is 22.2. The number of carbonyl (C=O) groups is 7. The first kappa shape index (κ1) is 53.1. The number of carboxylic acid groups (broad SMARTS) is 2. The zero-order valence-corrected chi connectivity index (χ0v) is 38.4. The predicted octanol–water partition coefficient (Wildman–Crippen LogP) is -0.0111. The highest BCUT2D eigenvalue weighted by molar-refractivity contribution is 5.97. The maximum Gasteiger partial charge on any atom is 0.326 e. The quantitative estimate of drug-likeness (QED) is 0.0334. The van der Waals surface area contributed by atoms with Crippen LogP contribution in [0.5, 0.6) is 0 Å². The maximum atomic E-state index is 13.6. The number of nitrogens with one attached hydrogen (secondary N) is 6. The normalized spacial score (nSPS) is 13.2. The molecule has 0 bridgehead atoms. The van der Waals surface area contributed by atoms with Crippen LogP contribution in [-0.4, -0.2) is 129 Å². The Hall–Kier alpha value is -7.53. The summed E-state index contributed by atoms with van der Waals surface area (Å²) in [6.07, 6.45) is 3.03. The van der Waals surface area contributed by atoms with Crippen molar-refractivity contribution >= 4 is 70.1 Å². The molecule has 14 N–H and O–H groups in total. The molecule has 4 rings (SSSR count). The van der Waals surface area contributed by atoms with Crippen molar-refractivity contribution in [2.45, 2.75) is 101 Å². The minimum Gasteiger partial charge on any atom is -0.480 e. The molecule has 5 atom stereocenters. The molecule has 4 aromatic rings. The third kappa shape index (κ3) is 16.7. The van der Waals surface area contributed by atoms with Gasteiger partial charge in [0.15, 0.2) is 17.0 Å². The number of carboxylic acids is 2. The first-order valence-electron chi connectivity index (χ1n) is 22.2. The summed E-state index contributed by atoms with van der Waals surface area (Å²) < 4.78 is 0. The highest BCUT2D eigenvalue weighted by Gasteiger charge is 2.30. The van der Waals surface area contributed by atoms with Gasteiger partial charge < -0.3 is 64.2 Å². The molecule has 23 heteroatoms. The summed E-state index contributed by atoms with van der Waals surface area (Å²) >= 11 is 0. The van der Waals surface area contributed by atoms with Crippen molar-refractivity contribution in [1.82, 2.24) is 51.8 Å². The highest BCUT2D eigenvalue weighted by Crippen LogP contribution is 2.19. The van der Waals surface area contributed by atoms with E-state index in [0.717, 1.165) is 11.3 Å². The smallest absolute Gasteiger partial charge is 0.326 e. The van der Waals surface area contributed by atoms with Crippen LogP contribution in [0.4, 0.5) is 17.5 Å². The van der Waals surface area contributed by atoms with E-state index in [1.807, 2.05) is 11.0 Å². The number of nitrogens with two attached hydrogens (primary N) is 3. The lowest BCUT2D eigenvalue weighted by Crippen LogP contribution is -2.57. The standard InChI is InChI=1S/C45H62N14O9/c1-26(49-2)39(61)56-34(23-27-11-5-4-6-12-27)42(64)53-31(13-7-9-21-46)41(63)55-32(43(65)66)14-8-10-22-50-35(60)20-19-33(44(67)68)54-40(62)28-15-17-30(18-16-28)59(3)25-29-24-51-38-36(52-29)37(47)57-45(48)58-38/h4-6,11-12,15-18,24,26,31-34,49H,7-10,13-14,19-23,25,46H2,1-3H3,(H,50,60)(H,53,64)(H,54,62)(H,55,63)(H,56,61)(H,65,66)(H,67,68)(H4,47,48,51,57,58)/t26?,31?,32?,33-,34?/m0/s1. The summed E-state index contributed by atoms with van der Waals surface area (Å²) in [5, 5.41) is 35.7. The number of hydrogen-bond donors (Lipinski definition) is 11. The largest absolute Gasteiger partial charge is 0.480 e. The van der Waals surface area contributed by atoms with E-state index in [-0.39, 0.29) is 68.0 Å². The molecule has 366 valence electrons. The zero-order valence-electron chi connectivity index (χ0n) is 38.4. The Labute approximate surface area is 393 Å². The van der Waals surface area contributed by atoms with Gasteiger partial charge in [0, 0.05) is 37.7 Å². The van der Waals surface area contributed by atoms with E-state index >= 15 is 0 Å². The van der Waals surface area contributed by atoms with Crippen LogP contribution in [0, 0.1) is 0 Å². The van der Waals surface area contributed by atoms with E-state index in [1.54, 1.807) is 57.4 Å². The molecule has 2 aromatic heterocycles. The molecule has 0 fully saturated rings. The number of aliphatic carboxylic acids is 2. The Morgan fingerprint density at radius 3 is 2.00 bits per heavy atom. The van der Waals surface area contributed by atoms with E-state index in [1.165, 1.54) is 18.3 Å². The average molecular weight is 943 g/mol. The lowest BCUT2D eigenvalue weighted by atomic mass is 10.0. The Balaban J connectivity index is 1.23. The van der Waals surface area contributed by atoms with E-state index in [2.05, 4.69) is 51.8 Å². The first-order chi connectivity index (χ1) is 32.5. The van der Waals surface area contributed by atoms with Crippen LogP contribution >= 0.6 is 0 Å². The van der Waals surface area contributed by atoms with Crippen LogP contribution in [-0.2, 0) is 41.7 Å². The number of amides is 5. The number of hydrogen-bond acceptors (Lipinski definition) is 16. The highest BCUT2D eigenvalue weighted by atomic mass is 16.4. The summed E-state index contributed by atoms with van der Waals surface area (Å²) in [7, 11) is 3.41. The van der Waals surface area contributed by atoms with E-state index < -0.39 is 71.7 Å². The van der Waals surface area contributed by atoms with Crippen molar-refractivity contribution in [1.29, 1.82) is 0 Å². The summed E-state index contributed by atoms with van der Waals surface area (Å²) in [6, 6.07) is 10.0. The molecule has 0 spiro atoms. The van der Waals surface area contributed by atoms with Gasteiger partial charge in [-0.3, -0.25) is 24.0 Å². The van der Waals surface area contributed by atoms with Gasteiger partial charge in [-0.25, -0.2) is 19.6 Å². The molecule has 23 nitrogen and oxygen atoms in total. The molecular formula is C45H62N14O9. The van der Waals surface area contributed by atoms with Gasteiger partial charge in [0.05, 0.1) is 24.5 Å². The number of likely N-dealkylation sites (N-methyl/N-ethyl adjacent to an activating group) is 1. The van der Waals surface area contributed by atoms with Crippen molar-refractivity contribution in [3.63, 3.8) is 0 Å². The monoisotopic (exact) mass is 942 g/mol. The fraction of sp³-hybridized carbons (Fsp3) is 0.444. The van der Waals surface area contributed by atoms with Crippen LogP contribution in [0.1, 0.15) is 79.9 Å². The fourth-order valence-electron chi connectivity index (χ4n) is 6.88. The third-order valence-electron chi connectivity index (χ3n) is 10.9. The molecule has 2 heterocycles. The molecular weight excluding hydrogens is 881 g/mol. The molecule has 0 saturated carbocycles. The Morgan fingerprint density at radius 1 is 0.721 bits per heavy atom. The molecule has 0 radical (unpaired) electrons. The average Bonchev–Trinajstić information content (AvgIpc) is 3.31. The Kier molecular flexibility index (Phi) is 20.7. The number of benzene rings is 2. The second kappa shape index (κ2) is 26.6. The summed E-state index contributed by atoms with van der Waals surface area (Å²) in [5.41, 5.74) is 20.1. The van der Waals surface area contributed by atoms with Crippen LogP contribution in [0.2, 0.25) is 0 Å². The number of aromatic nitrogens is 4. The van der Waals surface area contributed by atoms with E-state index in [0.29, 0.717) is 43.6 Å².